The number of benzene rings is 2. The summed E-state index contributed by atoms with van der Waals surface area (Å²) in [6.07, 6.45) is -0.761. The Labute approximate surface area is 237 Å². The highest BCUT2D eigenvalue weighted by atomic mass is 19.3. The van der Waals surface area contributed by atoms with Crippen LogP contribution in [-0.2, 0) is 28.0 Å². The first-order valence-electron chi connectivity index (χ1n) is 13.0. The van der Waals surface area contributed by atoms with Gasteiger partial charge in [0.25, 0.3) is 0 Å². The number of alkyl halides is 2. The molecule has 0 spiro atoms. The van der Waals surface area contributed by atoms with E-state index < -0.39 is 75.7 Å². The summed E-state index contributed by atoms with van der Waals surface area (Å²) in [7, 11) is 0. The lowest BCUT2D eigenvalue weighted by atomic mass is 9.85. The van der Waals surface area contributed by atoms with Crippen molar-refractivity contribution in [3.63, 3.8) is 0 Å². The Morgan fingerprint density at radius 1 is 1.02 bits per heavy atom. The van der Waals surface area contributed by atoms with Gasteiger partial charge in [-0.3, -0.25) is 0 Å². The summed E-state index contributed by atoms with van der Waals surface area (Å²) in [4.78, 5) is 0. The van der Waals surface area contributed by atoms with Gasteiger partial charge in [0.15, 0.2) is 17.5 Å². The highest BCUT2D eigenvalue weighted by Gasteiger charge is 2.46. The van der Waals surface area contributed by atoms with Gasteiger partial charge in [-0.2, -0.15) is 8.78 Å². The topological polar surface area (TPSA) is 47.9 Å². The molecular formula is C30H30F8O4. The number of unbranched alkanes of at least 4 members (excludes halogenated alkanes) is 2. The average Bonchev–Trinajstić information content (AvgIpc) is 2.92. The maximum Gasteiger partial charge on any atom is 0.432 e. The smallest absolute Gasteiger partial charge is 0.429 e. The van der Waals surface area contributed by atoms with Crippen LogP contribution in [0.25, 0.3) is 0 Å². The maximum atomic E-state index is 14.9. The van der Waals surface area contributed by atoms with Gasteiger partial charge in [-0.15, -0.1) is 0 Å². The zero-order chi connectivity index (χ0) is 31.3. The molecule has 1 aliphatic rings. The first-order valence-corrected chi connectivity index (χ1v) is 13.0. The lowest BCUT2D eigenvalue weighted by Crippen LogP contribution is -2.47. The molecule has 1 N–H and O–H groups in total. The molecule has 0 amide bonds. The third kappa shape index (κ3) is 7.78. The molecule has 0 saturated carbocycles. The van der Waals surface area contributed by atoms with Crippen molar-refractivity contribution in [3.05, 3.63) is 101 Å². The number of allylic oxidation sites excluding steroid dienone is 5. The van der Waals surface area contributed by atoms with Crippen molar-refractivity contribution in [3.8, 4) is 5.75 Å². The highest BCUT2D eigenvalue weighted by molar-refractivity contribution is 5.35. The van der Waals surface area contributed by atoms with Crippen molar-refractivity contribution in [2.24, 2.45) is 5.41 Å². The highest BCUT2D eigenvalue weighted by Crippen LogP contribution is 2.41. The number of hydrogen-bond acceptors (Lipinski definition) is 4. The second kappa shape index (κ2) is 13.4. The third-order valence-electron chi connectivity index (χ3n) is 6.68. The Morgan fingerprint density at radius 3 is 2.19 bits per heavy atom. The Bertz CT molecular complexity index is 1320. The van der Waals surface area contributed by atoms with Crippen LogP contribution in [0.2, 0.25) is 0 Å². The van der Waals surface area contributed by atoms with Crippen LogP contribution >= 0.6 is 0 Å². The molecule has 2 aromatic rings. The van der Waals surface area contributed by atoms with E-state index in [9.17, 15) is 40.2 Å². The van der Waals surface area contributed by atoms with E-state index in [0.29, 0.717) is 36.8 Å². The Kier molecular flexibility index (Phi) is 10.6. The second-order valence-electron chi connectivity index (χ2n) is 10.2. The van der Waals surface area contributed by atoms with Crippen molar-refractivity contribution in [1.82, 2.24) is 0 Å². The summed E-state index contributed by atoms with van der Waals surface area (Å²) in [6, 6.07) is 2.98. The fourth-order valence-electron chi connectivity index (χ4n) is 4.22. The summed E-state index contributed by atoms with van der Waals surface area (Å²) >= 11 is 0. The summed E-state index contributed by atoms with van der Waals surface area (Å²) in [5, 5.41) is 10.7. The van der Waals surface area contributed by atoms with Gasteiger partial charge in [0, 0.05) is 17.0 Å². The number of ether oxygens (including phenoxy) is 3. The Morgan fingerprint density at radius 2 is 1.64 bits per heavy atom. The standard InChI is InChI=1S/C30H30F8O4/c1-4-6-7-12-28(3)16-40-30(39,41-17-28)19-13-24(34)26(25(35)14-19)29(37,38)42-20-10-8-18(23(33)15-20)9-11-22(32)27(36)21(31)5-2/h5,8,10-11,13-15,39H,2,4,6-7,9,12,16-17H2,1,3H3/b22-11+,27-21-. The van der Waals surface area contributed by atoms with E-state index in [4.69, 9.17) is 9.47 Å². The zero-order valence-corrected chi connectivity index (χ0v) is 22.9. The van der Waals surface area contributed by atoms with Crippen LogP contribution in [-0.4, -0.2) is 18.3 Å². The van der Waals surface area contributed by atoms with E-state index in [-0.39, 0.29) is 18.8 Å². The fourth-order valence-corrected chi connectivity index (χ4v) is 4.22. The van der Waals surface area contributed by atoms with Crippen LogP contribution in [0.3, 0.4) is 0 Å². The SMILES string of the molecule is C=C/C(F)=C(F)\C(F)=C/Cc1ccc(OC(F)(F)c2c(F)cc(C3(O)OCC(C)(CCCCC)CO3)cc2F)cc1F. The van der Waals surface area contributed by atoms with Crippen LogP contribution in [0.1, 0.15) is 56.2 Å². The predicted octanol–water partition coefficient (Wildman–Crippen LogP) is 8.70. The largest absolute Gasteiger partial charge is 0.432 e. The van der Waals surface area contributed by atoms with Gasteiger partial charge in [-0.25, -0.2) is 26.3 Å². The minimum absolute atomic E-state index is 0.0151. The summed E-state index contributed by atoms with van der Waals surface area (Å²) < 4.78 is 129. The van der Waals surface area contributed by atoms with Gasteiger partial charge < -0.3 is 19.3 Å². The molecule has 0 unspecified atom stereocenters. The van der Waals surface area contributed by atoms with Crippen LogP contribution < -0.4 is 4.74 Å². The molecule has 3 rings (SSSR count). The number of rotatable bonds is 12. The van der Waals surface area contributed by atoms with Crippen LogP contribution in [0.4, 0.5) is 35.1 Å². The van der Waals surface area contributed by atoms with Gasteiger partial charge in [-0.1, -0.05) is 45.8 Å². The fraction of sp³-hybridized carbons (Fsp3) is 0.400. The van der Waals surface area contributed by atoms with Crippen LogP contribution in [0.5, 0.6) is 5.75 Å². The summed E-state index contributed by atoms with van der Waals surface area (Å²) in [6.45, 7) is 6.80. The zero-order valence-electron chi connectivity index (χ0n) is 22.9. The molecule has 12 heteroatoms. The van der Waals surface area contributed by atoms with Crippen LogP contribution in [0.15, 0.2) is 66.5 Å². The molecule has 0 aliphatic carbocycles. The Balaban J connectivity index is 1.76. The van der Waals surface area contributed by atoms with Crippen molar-refractivity contribution in [2.75, 3.05) is 13.2 Å². The number of aliphatic hydroxyl groups is 1. The molecule has 0 aromatic heterocycles. The van der Waals surface area contributed by atoms with Crippen molar-refractivity contribution >= 4 is 0 Å². The number of hydrogen-bond donors (Lipinski definition) is 1. The van der Waals surface area contributed by atoms with Gasteiger partial charge >= 0.3 is 12.1 Å². The average molecular weight is 607 g/mol. The van der Waals surface area contributed by atoms with Crippen molar-refractivity contribution in [1.29, 1.82) is 0 Å². The monoisotopic (exact) mass is 606 g/mol. The molecule has 4 nitrogen and oxygen atoms in total. The molecule has 1 saturated heterocycles. The molecule has 0 atom stereocenters. The molecule has 0 radical (unpaired) electrons. The molecule has 1 heterocycles. The molecule has 0 bridgehead atoms. The van der Waals surface area contributed by atoms with Crippen molar-refractivity contribution in [2.45, 2.75) is 58.0 Å². The van der Waals surface area contributed by atoms with Crippen LogP contribution in [0, 0.1) is 22.9 Å². The summed E-state index contributed by atoms with van der Waals surface area (Å²) in [5.41, 5.74) is -3.19. The van der Waals surface area contributed by atoms with Gasteiger partial charge in [0.2, 0.25) is 0 Å². The molecule has 1 aliphatic heterocycles. The van der Waals surface area contributed by atoms with E-state index in [2.05, 4.69) is 11.3 Å². The first-order chi connectivity index (χ1) is 19.6. The molecular weight excluding hydrogens is 576 g/mol. The third-order valence-corrected chi connectivity index (χ3v) is 6.68. The second-order valence-corrected chi connectivity index (χ2v) is 10.2. The lowest BCUT2D eigenvalue weighted by Gasteiger charge is -2.42. The Hall–Kier alpha value is -3.22. The van der Waals surface area contributed by atoms with Gasteiger partial charge in [0.05, 0.1) is 13.2 Å². The lowest BCUT2D eigenvalue weighted by molar-refractivity contribution is -0.415. The summed E-state index contributed by atoms with van der Waals surface area (Å²) in [5.74, 6) is -13.3. The molecule has 42 heavy (non-hydrogen) atoms. The molecule has 2 aromatic carbocycles. The first kappa shape index (κ1) is 33.3. The number of halogens is 8. The van der Waals surface area contributed by atoms with Gasteiger partial charge in [-0.05, 0) is 48.8 Å². The van der Waals surface area contributed by atoms with Gasteiger partial charge in [0.1, 0.15) is 28.8 Å². The van der Waals surface area contributed by atoms with E-state index in [0.717, 1.165) is 31.4 Å². The van der Waals surface area contributed by atoms with E-state index in [1.165, 1.54) is 0 Å². The normalized spacial score (nSPS) is 22.1. The maximum absolute atomic E-state index is 14.9. The van der Waals surface area contributed by atoms with Crippen molar-refractivity contribution < 1.29 is 54.4 Å². The van der Waals surface area contributed by atoms with E-state index >= 15 is 0 Å². The molecule has 1 fully saturated rings. The minimum atomic E-state index is -4.66. The van der Waals surface area contributed by atoms with E-state index in [1.807, 2.05) is 13.8 Å². The predicted molar refractivity (Wildman–Crippen MR) is 138 cm³/mol. The molecule has 230 valence electrons. The quantitative estimate of drug-likeness (QED) is 0.149. The van der Waals surface area contributed by atoms with E-state index in [1.54, 1.807) is 0 Å². The minimum Gasteiger partial charge on any atom is -0.429 e.